The molecule has 2 aromatic heterocycles. The maximum atomic E-state index is 12.1. The third-order valence-corrected chi connectivity index (χ3v) is 3.78. The van der Waals surface area contributed by atoms with E-state index in [1.54, 1.807) is 0 Å². The number of hydrogen-bond donors (Lipinski definition) is 1. The van der Waals surface area contributed by atoms with Crippen LogP contribution in [-0.2, 0) is 7.05 Å². The first-order chi connectivity index (χ1) is 11.1. The molecule has 0 saturated heterocycles. The van der Waals surface area contributed by atoms with Crippen LogP contribution in [0.25, 0.3) is 5.65 Å². The van der Waals surface area contributed by atoms with E-state index >= 15 is 0 Å². The molecular formula is C15H24N6O2. The maximum absolute atomic E-state index is 12.1. The Morgan fingerprint density at radius 1 is 1.17 bits per heavy atom. The van der Waals surface area contributed by atoms with Gasteiger partial charge in [0.2, 0.25) is 0 Å². The Bertz CT molecular complexity index is 706. The van der Waals surface area contributed by atoms with Gasteiger partial charge in [-0.3, -0.25) is 4.79 Å². The Balaban J connectivity index is 1.81. The first-order valence-electron chi connectivity index (χ1n) is 8.20. The van der Waals surface area contributed by atoms with Crippen LogP contribution in [0.15, 0.2) is 11.1 Å². The van der Waals surface area contributed by atoms with Gasteiger partial charge < -0.3 is 5.32 Å². The number of carbonyl (C=O) groups excluding carboxylic acids is 1. The van der Waals surface area contributed by atoms with Crippen LogP contribution in [0.4, 0.5) is 0 Å². The van der Waals surface area contributed by atoms with E-state index in [0.717, 1.165) is 17.5 Å². The summed E-state index contributed by atoms with van der Waals surface area (Å²) in [6.07, 6.45) is 9.64. The number of imidazole rings is 1. The Morgan fingerprint density at radius 2 is 1.87 bits per heavy atom. The lowest BCUT2D eigenvalue weighted by atomic mass is 10.1. The molecule has 0 radical (unpaired) electrons. The molecule has 0 aliphatic carbocycles. The fraction of sp³-hybridized carbons (Fsp3) is 0.667. The van der Waals surface area contributed by atoms with Crippen molar-refractivity contribution in [2.45, 2.75) is 51.9 Å². The molecule has 0 aliphatic rings. The van der Waals surface area contributed by atoms with E-state index in [1.807, 2.05) is 0 Å². The van der Waals surface area contributed by atoms with Gasteiger partial charge in [-0.1, -0.05) is 50.7 Å². The van der Waals surface area contributed by atoms with Gasteiger partial charge in [0.15, 0.2) is 11.3 Å². The molecule has 2 aromatic rings. The SMILES string of the molecule is CCCCCCCCCNC(=O)c1ncn2c(=O)n(C)nnc12. The molecule has 8 nitrogen and oxygen atoms in total. The van der Waals surface area contributed by atoms with Crippen LogP contribution in [0.1, 0.15) is 62.4 Å². The highest BCUT2D eigenvalue weighted by atomic mass is 16.2. The number of nitrogens with zero attached hydrogens (tertiary/aromatic N) is 5. The van der Waals surface area contributed by atoms with Gasteiger partial charge in [0.05, 0.1) is 0 Å². The lowest BCUT2D eigenvalue weighted by Crippen LogP contribution is -2.29. The van der Waals surface area contributed by atoms with Gasteiger partial charge in [-0.15, -0.1) is 5.10 Å². The van der Waals surface area contributed by atoms with Crippen LogP contribution in [0.3, 0.4) is 0 Å². The summed E-state index contributed by atoms with van der Waals surface area (Å²) in [5.41, 5.74) is -0.0584. The Kier molecular flexibility index (Phi) is 6.25. The lowest BCUT2D eigenvalue weighted by Gasteiger charge is -2.04. The molecule has 0 bridgehead atoms. The number of amides is 1. The van der Waals surface area contributed by atoms with Gasteiger partial charge in [-0.25, -0.2) is 14.2 Å². The normalized spacial score (nSPS) is 11.0. The van der Waals surface area contributed by atoms with Crippen molar-refractivity contribution in [2.75, 3.05) is 6.54 Å². The van der Waals surface area contributed by atoms with E-state index in [0.29, 0.717) is 6.54 Å². The highest BCUT2D eigenvalue weighted by Gasteiger charge is 2.16. The van der Waals surface area contributed by atoms with Crippen LogP contribution in [0.5, 0.6) is 0 Å². The maximum Gasteiger partial charge on any atom is 0.352 e. The largest absolute Gasteiger partial charge is 0.352 e. The van der Waals surface area contributed by atoms with Crippen LogP contribution in [0, 0.1) is 0 Å². The second-order valence-corrected chi connectivity index (χ2v) is 5.66. The number of unbranched alkanes of at least 4 members (excludes halogenated alkanes) is 6. The van der Waals surface area contributed by atoms with Crippen molar-refractivity contribution < 1.29 is 4.79 Å². The predicted molar refractivity (Wildman–Crippen MR) is 86.3 cm³/mol. The monoisotopic (exact) mass is 320 g/mol. The summed E-state index contributed by atoms with van der Waals surface area (Å²) in [7, 11) is 1.50. The average Bonchev–Trinajstić information content (AvgIpc) is 2.98. The molecule has 0 spiro atoms. The number of aryl methyl sites for hydroxylation is 1. The predicted octanol–water partition coefficient (Wildman–Crippen LogP) is 1.30. The molecule has 1 amide bonds. The summed E-state index contributed by atoms with van der Waals surface area (Å²) < 4.78 is 2.31. The van der Waals surface area contributed by atoms with Crippen molar-refractivity contribution in [1.82, 2.24) is 29.7 Å². The molecule has 0 aliphatic heterocycles. The topological polar surface area (TPSA) is 94.2 Å². The summed E-state index contributed by atoms with van der Waals surface area (Å²) in [6, 6.07) is 0. The summed E-state index contributed by atoms with van der Waals surface area (Å²) in [5, 5.41) is 10.4. The molecule has 0 unspecified atom stereocenters. The molecule has 1 N–H and O–H groups in total. The Morgan fingerprint density at radius 3 is 2.61 bits per heavy atom. The number of carbonyl (C=O) groups is 1. The molecular weight excluding hydrogens is 296 g/mol. The number of fused-ring (bicyclic) bond motifs is 1. The van der Waals surface area contributed by atoms with Gasteiger partial charge >= 0.3 is 5.69 Å². The highest BCUT2D eigenvalue weighted by molar-refractivity contribution is 5.97. The molecule has 0 atom stereocenters. The van der Waals surface area contributed by atoms with E-state index in [1.165, 1.54) is 49.9 Å². The second-order valence-electron chi connectivity index (χ2n) is 5.66. The summed E-state index contributed by atoms with van der Waals surface area (Å²) in [5.74, 6) is -0.318. The Hall–Kier alpha value is -2.25. The molecule has 126 valence electrons. The minimum absolute atomic E-state index is 0.137. The van der Waals surface area contributed by atoms with E-state index in [-0.39, 0.29) is 22.9 Å². The van der Waals surface area contributed by atoms with Crippen molar-refractivity contribution in [3.63, 3.8) is 0 Å². The van der Waals surface area contributed by atoms with Crippen LogP contribution < -0.4 is 11.0 Å². The molecule has 2 rings (SSSR count). The second kappa shape index (κ2) is 8.40. The van der Waals surface area contributed by atoms with Gasteiger partial charge in [-0.05, 0) is 6.42 Å². The lowest BCUT2D eigenvalue weighted by molar-refractivity contribution is 0.0950. The number of hydrogen-bond acceptors (Lipinski definition) is 5. The zero-order valence-corrected chi connectivity index (χ0v) is 13.8. The highest BCUT2D eigenvalue weighted by Crippen LogP contribution is 2.07. The van der Waals surface area contributed by atoms with Crippen molar-refractivity contribution in [3.8, 4) is 0 Å². The van der Waals surface area contributed by atoms with Crippen LogP contribution in [-0.4, -0.2) is 36.8 Å². The average molecular weight is 320 g/mol. The zero-order valence-electron chi connectivity index (χ0n) is 13.8. The summed E-state index contributed by atoms with van der Waals surface area (Å²) >= 11 is 0. The van der Waals surface area contributed by atoms with Crippen LogP contribution in [0.2, 0.25) is 0 Å². The van der Waals surface area contributed by atoms with E-state index in [2.05, 4.69) is 27.5 Å². The molecule has 0 saturated carbocycles. The fourth-order valence-corrected chi connectivity index (χ4v) is 2.41. The minimum atomic E-state index is -0.381. The van der Waals surface area contributed by atoms with E-state index in [4.69, 9.17) is 0 Å². The van der Waals surface area contributed by atoms with Crippen molar-refractivity contribution in [1.29, 1.82) is 0 Å². The van der Waals surface area contributed by atoms with E-state index in [9.17, 15) is 9.59 Å². The first-order valence-corrected chi connectivity index (χ1v) is 8.20. The minimum Gasteiger partial charge on any atom is -0.351 e. The van der Waals surface area contributed by atoms with Gasteiger partial charge in [0.25, 0.3) is 5.91 Å². The molecule has 8 heteroatoms. The molecule has 0 fully saturated rings. The van der Waals surface area contributed by atoms with Crippen LogP contribution >= 0.6 is 0 Å². The molecule has 0 aromatic carbocycles. The fourth-order valence-electron chi connectivity index (χ4n) is 2.41. The smallest absolute Gasteiger partial charge is 0.351 e. The van der Waals surface area contributed by atoms with Gasteiger partial charge in [-0.2, -0.15) is 4.68 Å². The number of aromatic nitrogens is 5. The Labute approximate surface area is 134 Å². The number of nitrogens with one attached hydrogen (secondary N) is 1. The van der Waals surface area contributed by atoms with Gasteiger partial charge in [0.1, 0.15) is 6.33 Å². The number of rotatable bonds is 9. The van der Waals surface area contributed by atoms with Crippen molar-refractivity contribution in [3.05, 3.63) is 22.5 Å². The van der Waals surface area contributed by atoms with E-state index < -0.39 is 0 Å². The van der Waals surface area contributed by atoms with Gasteiger partial charge in [0, 0.05) is 13.6 Å². The third kappa shape index (κ3) is 4.37. The molecule has 2 heterocycles. The third-order valence-electron chi connectivity index (χ3n) is 3.78. The zero-order chi connectivity index (χ0) is 16.7. The summed E-state index contributed by atoms with van der Waals surface area (Å²) in [6.45, 7) is 2.80. The molecule has 23 heavy (non-hydrogen) atoms. The standard InChI is InChI=1S/C15H24N6O2/c1-3-4-5-6-7-8-9-10-16-14(22)12-13-18-19-20(2)15(23)21(13)11-17-12/h11H,3-10H2,1-2H3,(H,16,22). The first kappa shape index (κ1) is 17.1. The van der Waals surface area contributed by atoms with Crippen molar-refractivity contribution >= 4 is 11.6 Å². The quantitative estimate of drug-likeness (QED) is 0.703. The van der Waals surface area contributed by atoms with Crippen molar-refractivity contribution in [2.24, 2.45) is 7.05 Å². The summed E-state index contributed by atoms with van der Waals surface area (Å²) in [4.78, 5) is 27.9.